The second-order valence-corrected chi connectivity index (χ2v) is 5.47. The Bertz CT molecular complexity index is 866. The highest BCUT2D eigenvalue weighted by atomic mass is 16.2. The van der Waals surface area contributed by atoms with E-state index in [4.69, 9.17) is 0 Å². The molecule has 3 amide bonds. The van der Waals surface area contributed by atoms with Crippen LogP contribution in [0.15, 0.2) is 48.7 Å². The summed E-state index contributed by atoms with van der Waals surface area (Å²) in [5.41, 5.74) is 1.93. The Balaban J connectivity index is 1.66. The molecule has 0 bridgehead atoms. The number of hydrogen-bond donors (Lipinski definition) is 1. The summed E-state index contributed by atoms with van der Waals surface area (Å²) in [6, 6.07) is 12.5. The average Bonchev–Trinajstić information content (AvgIpc) is 2.93. The Morgan fingerprint density at radius 2 is 1.88 bits per heavy atom. The zero-order valence-electron chi connectivity index (χ0n) is 13.4. The van der Waals surface area contributed by atoms with E-state index in [1.807, 2.05) is 24.3 Å². The van der Waals surface area contributed by atoms with E-state index in [0.29, 0.717) is 11.4 Å². The first-order valence-electron chi connectivity index (χ1n) is 7.78. The van der Waals surface area contributed by atoms with Gasteiger partial charge in [-0.25, -0.2) is 4.98 Å². The molecule has 2 aromatic rings. The number of anilines is 1. The molecule has 0 atom stereocenters. The minimum absolute atomic E-state index is 0.171. The van der Waals surface area contributed by atoms with Gasteiger partial charge in [0.05, 0.1) is 0 Å². The van der Waals surface area contributed by atoms with E-state index in [2.05, 4.69) is 22.1 Å². The lowest BCUT2D eigenvalue weighted by molar-refractivity contribution is -0.141. The second kappa shape index (κ2) is 7.41. The van der Waals surface area contributed by atoms with Crippen LogP contribution in [-0.4, -0.2) is 34.2 Å². The van der Waals surface area contributed by atoms with Crippen molar-refractivity contribution in [1.82, 2.24) is 9.88 Å². The van der Waals surface area contributed by atoms with Crippen LogP contribution in [0.4, 0.5) is 5.69 Å². The van der Waals surface area contributed by atoms with Gasteiger partial charge in [-0.1, -0.05) is 18.1 Å². The van der Waals surface area contributed by atoms with Crippen molar-refractivity contribution in [3.05, 3.63) is 59.9 Å². The van der Waals surface area contributed by atoms with Gasteiger partial charge in [-0.3, -0.25) is 19.3 Å². The molecule has 1 aliphatic heterocycles. The zero-order chi connectivity index (χ0) is 17.6. The van der Waals surface area contributed by atoms with Crippen LogP contribution in [0.2, 0.25) is 0 Å². The van der Waals surface area contributed by atoms with Gasteiger partial charge in [-0.05, 0) is 36.3 Å². The van der Waals surface area contributed by atoms with E-state index in [0.717, 1.165) is 10.5 Å². The molecular formula is C19H15N3O3. The highest BCUT2D eigenvalue weighted by molar-refractivity contribution is 6.06. The molecule has 1 saturated heterocycles. The maximum Gasteiger partial charge on any atom is 0.244 e. The first kappa shape index (κ1) is 16.4. The third kappa shape index (κ3) is 4.30. The maximum absolute atomic E-state index is 12.0. The number of carbonyl (C=O) groups excluding carboxylic acids is 3. The van der Waals surface area contributed by atoms with Crippen LogP contribution in [-0.2, 0) is 14.4 Å². The van der Waals surface area contributed by atoms with E-state index in [9.17, 15) is 14.4 Å². The summed E-state index contributed by atoms with van der Waals surface area (Å²) >= 11 is 0. The molecule has 1 aliphatic rings. The van der Waals surface area contributed by atoms with Crippen LogP contribution in [0.3, 0.4) is 0 Å². The van der Waals surface area contributed by atoms with Gasteiger partial charge in [0, 0.05) is 30.3 Å². The monoisotopic (exact) mass is 333 g/mol. The lowest BCUT2D eigenvalue weighted by atomic mass is 10.2. The molecule has 1 N–H and O–H groups in total. The van der Waals surface area contributed by atoms with Gasteiger partial charge in [0.1, 0.15) is 12.2 Å². The van der Waals surface area contributed by atoms with Crippen molar-refractivity contribution in [1.29, 1.82) is 0 Å². The fourth-order valence-electron chi connectivity index (χ4n) is 2.39. The summed E-state index contributed by atoms with van der Waals surface area (Å²) < 4.78 is 0. The van der Waals surface area contributed by atoms with Gasteiger partial charge in [-0.2, -0.15) is 0 Å². The summed E-state index contributed by atoms with van der Waals surface area (Å²) in [7, 11) is 0. The first-order valence-corrected chi connectivity index (χ1v) is 7.78. The number of nitrogens with zero attached hydrogens (tertiary/aromatic N) is 2. The van der Waals surface area contributed by atoms with Crippen molar-refractivity contribution in [2.75, 3.05) is 11.9 Å². The molecule has 0 spiro atoms. The molecule has 1 aromatic carbocycles. The normalized spacial score (nSPS) is 13.4. The SMILES string of the molecule is O=C(CN1C(=O)CCC1=O)Nc1cccc(C#Cc2ccccn2)c1. The quantitative estimate of drug-likeness (QED) is 0.683. The molecule has 0 radical (unpaired) electrons. The second-order valence-electron chi connectivity index (χ2n) is 5.47. The summed E-state index contributed by atoms with van der Waals surface area (Å²) in [6.07, 6.45) is 2.01. The van der Waals surface area contributed by atoms with Gasteiger partial charge < -0.3 is 5.32 Å². The minimum Gasteiger partial charge on any atom is -0.324 e. The molecule has 0 saturated carbocycles. The highest BCUT2D eigenvalue weighted by Gasteiger charge is 2.30. The van der Waals surface area contributed by atoms with Crippen LogP contribution in [0, 0.1) is 11.8 Å². The minimum atomic E-state index is -0.418. The molecule has 0 aliphatic carbocycles. The standard InChI is InChI=1S/C19H15N3O3/c23-17(13-22-18(24)9-10-19(22)25)21-16-6-3-4-14(12-16)7-8-15-5-1-2-11-20-15/h1-6,11-12H,9-10,13H2,(H,21,23). The Kier molecular flexibility index (Phi) is 4.86. The molecule has 2 heterocycles. The summed E-state index contributed by atoms with van der Waals surface area (Å²) in [6.45, 7) is -0.262. The van der Waals surface area contributed by atoms with Crippen LogP contribution >= 0.6 is 0 Å². The number of imide groups is 1. The van der Waals surface area contributed by atoms with Crippen molar-refractivity contribution in [2.45, 2.75) is 12.8 Å². The number of aromatic nitrogens is 1. The summed E-state index contributed by atoms with van der Waals surface area (Å²) in [5, 5.41) is 2.68. The fraction of sp³-hybridized carbons (Fsp3) is 0.158. The third-order valence-corrected chi connectivity index (χ3v) is 3.60. The first-order chi connectivity index (χ1) is 12.1. The molecule has 0 unspecified atom stereocenters. The molecule has 25 heavy (non-hydrogen) atoms. The topological polar surface area (TPSA) is 79.4 Å². The molecule has 1 aromatic heterocycles. The number of amides is 3. The van der Waals surface area contributed by atoms with Crippen molar-refractivity contribution in [2.24, 2.45) is 0 Å². The Hall–Kier alpha value is -3.46. The van der Waals surface area contributed by atoms with E-state index < -0.39 is 5.91 Å². The van der Waals surface area contributed by atoms with E-state index in [-0.39, 0.29) is 31.2 Å². The van der Waals surface area contributed by atoms with Gasteiger partial charge in [0.2, 0.25) is 17.7 Å². The van der Waals surface area contributed by atoms with Gasteiger partial charge in [-0.15, -0.1) is 0 Å². The Morgan fingerprint density at radius 1 is 1.08 bits per heavy atom. The van der Waals surface area contributed by atoms with Gasteiger partial charge in [0.15, 0.2) is 0 Å². The van der Waals surface area contributed by atoms with Gasteiger partial charge >= 0.3 is 0 Å². The smallest absolute Gasteiger partial charge is 0.244 e. The van der Waals surface area contributed by atoms with Crippen molar-refractivity contribution >= 4 is 23.4 Å². The highest BCUT2D eigenvalue weighted by Crippen LogP contribution is 2.13. The number of benzene rings is 1. The predicted octanol–water partition coefficient (Wildman–Crippen LogP) is 1.57. The zero-order valence-corrected chi connectivity index (χ0v) is 13.4. The number of pyridine rings is 1. The molecule has 1 fully saturated rings. The maximum atomic E-state index is 12.0. The number of nitrogens with one attached hydrogen (secondary N) is 1. The lowest BCUT2D eigenvalue weighted by Crippen LogP contribution is -2.36. The molecule has 3 rings (SSSR count). The number of hydrogen-bond acceptors (Lipinski definition) is 4. The summed E-state index contributed by atoms with van der Waals surface area (Å²) in [4.78, 5) is 40.3. The van der Waals surface area contributed by atoms with Crippen molar-refractivity contribution < 1.29 is 14.4 Å². The van der Waals surface area contributed by atoms with Crippen LogP contribution in [0.1, 0.15) is 24.1 Å². The van der Waals surface area contributed by atoms with Crippen molar-refractivity contribution in [3.63, 3.8) is 0 Å². The average molecular weight is 333 g/mol. The lowest BCUT2D eigenvalue weighted by Gasteiger charge is -2.13. The molecular weight excluding hydrogens is 318 g/mol. The van der Waals surface area contributed by atoms with Crippen LogP contribution in [0.5, 0.6) is 0 Å². The van der Waals surface area contributed by atoms with Crippen LogP contribution < -0.4 is 5.32 Å². The van der Waals surface area contributed by atoms with E-state index in [1.54, 1.807) is 24.4 Å². The Labute approximate surface area is 144 Å². The predicted molar refractivity (Wildman–Crippen MR) is 91.2 cm³/mol. The number of carbonyl (C=O) groups is 3. The number of rotatable bonds is 3. The summed E-state index contributed by atoms with van der Waals surface area (Å²) in [5.74, 6) is 4.88. The van der Waals surface area contributed by atoms with E-state index >= 15 is 0 Å². The molecule has 6 nitrogen and oxygen atoms in total. The molecule has 124 valence electrons. The van der Waals surface area contributed by atoms with E-state index in [1.165, 1.54) is 0 Å². The van der Waals surface area contributed by atoms with Crippen molar-refractivity contribution in [3.8, 4) is 11.8 Å². The molecule has 6 heteroatoms. The van der Waals surface area contributed by atoms with Gasteiger partial charge in [0.25, 0.3) is 0 Å². The largest absolute Gasteiger partial charge is 0.324 e. The Morgan fingerprint density at radius 3 is 2.60 bits per heavy atom. The third-order valence-electron chi connectivity index (χ3n) is 3.60. The van der Waals surface area contributed by atoms with Crippen LogP contribution in [0.25, 0.3) is 0 Å². The number of likely N-dealkylation sites (tertiary alicyclic amines) is 1. The fourth-order valence-corrected chi connectivity index (χ4v) is 2.39.